The van der Waals surface area contributed by atoms with Crippen LogP contribution in [0.25, 0.3) is 0 Å². The summed E-state index contributed by atoms with van der Waals surface area (Å²) in [5.41, 5.74) is 3.88. The molecular weight excluding hydrogens is 296 g/mol. The number of aryl methyl sites for hydroxylation is 1. The predicted octanol–water partition coefficient (Wildman–Crippen LogP) is 5.02. The normalized spacial score (nSPS) is 11.8. The lowest BCUT2D eigenvalue weighted by molar-refractivity contribution is 0.0974. The smallest absolute Gasteiger partial charge is 0.174 e. The van der Waals surface area contributed by atoms with Gasteiger partial charge < -0.3 is 4.74 Å². The summed E-state index contributed by atoms with van der Waals surface area (Å²) in [7, 11) is 1.62. The molecule has 3 rings (SSSR count). The maximum Gasteiger partial charge on any atom is 0.174 e. The second kappa shape index (κ2) is 7.14. The second-order valence-electron chi connectivity index (χ2n) is 5.85. The van der Waals surface area contributed by atoms with Crippen LogP contribution < -0.4 is 4.74 Å². The Balaban J connectivity index is 2.03. The van der Waals surface area contributed by atoms with Crippen molar-refractivity contribution in [1.29, 1.82) is 0 Å². The molecule has 1 atom stereocenters. The first-order chi connectivity index (χ1) is 11.7. The standard InChI is InChI=1S/C22H20O2/c1-16-8-10-18(11-9-16)21(17-6-4-3-5-7-17)22(23)19-12-14-20(24-2)15-13-19/h3-15,21H,1-2H3. The van der Waals surface area contributed by atoms with Crippen LogP contribution in [0.2, 0.25) is 0 Å². The fraction of sp³-hybridized carbons (Fsp3) is 0.136. The molecule has 0 spiro atoms. The molecule has 120 valence electrons. The van der Waals surface area contributed by atoms with Gasteiger partial charge in [-0.25, -0.2) is 0 Å². The molecule has 0 aliphatic carbocycles. The van der Waals surface area contributed by atoms with Crippen molar-refractivity contribution in [3.8, 4) is 5.75 Å². The largest absolute Gasteiger partial charge is 0.497 e. The fourth-order valence-electron chi connectivity index (χ4n) is 2.82. The maximum atomic E-state index is 13.2. The number of ketones is 1. The van der Waals surface area contributed by atoms with E-state index in [4.69, 9.17) is 4.74 Å². The van der Waals surface area contributed by atoms with Gasteiger partial charge in [-0.3, -0.25) is 4.79 Å². The van der Waals surface area contributed by atoms with E-state index >= 15 is 0 Å². The summed E-state index contributed by atoms with van der Waals surface area (Å²) in [4.78, 5) is 13.2. The van der Waals surface area contributed by atoms with Crippen LogP contribution in [0.3, 0.4) is 0 Å². The molecule has 0 aliphatic heterocycles. The highest BCUT2D eigenvalue weighted by atomic mass is 16.5. The van der Waals surface area contributed by atoms with E-state index in [2.05, 4.69) is 0 Å². The summed E-state index contributed by atoms with van der Waals surface area (Å²) in [6, 6.07) is 25.4. The van der Waals surface area contributed by atoms with Crippen molar-refractivity contribution in [2.45, 2.75) is 12.8 Å². The van der Waals surface area contributed by atoms with E-state index in [1.54, 1.807) is 7.11 Å². The van der Waals surface area contributed by atoms with Gasteiger partial charge in [0.1, 0.15) is 5.75 Å². The lowest BCUT2D eigenvalue weighted by Gasteiger charge is -2.17. The van der Waals surface area contributed by atoms with Crippen LogP contribution >= 0.6 is 0 Å². The number of carbonyl (C=O) groups excluding carboxylic acids is 1. The van der Waals surface area contributed by atoms with Crippen LogP contribution in [0.15, 0.2) is 78.9 Å². The highest BCUT2D eigenvalue weighted by Crippen LogP contribution is 2.29. The molecule has 0 N–H and O–H groups in total. The van der Waals surface area contributed by atoms with E-state index in [1.165, 1.54) is 5.56 Å². The summed E-state index contributed by atoms with van der Waals surface area (Å²) in [6.07, 6.45) is 0. The van der Waals surface area contributed by atoms with Gasteiger partial charge in [-0.1, -0.05) is 60.2 Å². The third kappa shape index (κ3) is 3.38. The number of methoxy groups -OCH3 is 1. The van der Waals surface area contributed by atoms with E-state index < -0.39 is 0 Å². The molecule has 0 bridgehead atoms. The fourth-order valence-corrected chi connectivity index (χ4v) is 2.82. The minimum Gasteiger partial charge on any atom is -0.497 e. The Morgan fingerprint density at radius 1 is 0.792 bits per heavy atom. The summed E-state index contributed by atoms with van der Waals surface area (Å²) in [5.74, 6) is 0.533. The first-order valence-corrected chi connectivity index (χ1v) is 7.99. The van der Waals surface area contributed by atoms with Crippen molar-refractivity contribution in [2.24, 2.45) is 0 Å². The molecule has 0 aliphatic rings. The Kier molecular flexibility index (Phi) is 4.76. The van der Waals surface area contributed by atoms with Crippen LogP contribution in [-0.2, 0) is 0 Å². The van der Waals surface area contributed by atoms with Crippen LogP contribution in [0.5, 0.6) is 5.75 Å². The minimum atomic E-state index is -0.305. The van der Waals surface area contributed by atoms with Gasteiger partial charge in [0, 0.05) is 5.56 Å². The van der Waals surface area contributed by atoms with Gasteiger partial charge in [0.2, 0.25) is 0 Å². The Labute approximate surface area is 142 Å². The van der Waals surface area contributed by atoms with Crippen LogP contribution in [0.1, 0.15) is 33.0 Å². The highest BCUT2D eigenvalue weighted by molar-refractivity contribution is 6.03. The zero-order chi connectivity index (χ0) is 16.9. The molecule has 0 radical (unpaired) electrons. The zero-order valence-corrected chi connectivity index (χ0v) is 13.9. The van der Waals surface area contributed by atoms with E-state index in [-0.39, 0.29) is 11.7 Å². The monoisotopic (exact) mass is 316 g/mol. The van der Waals surface area contributed by atoms with Gasteiger partial charge in [-0.15, -0.1) is 0 Å². The maximum absolute atomic E-state index is 13.2. The molecule has 2 nitrogen and oxygen atoms in total. The molecule has 0 heterocycles. The Morgan fingerprint density at radius 2 is 1.38 bits per heavy atom. The summed E-state index contributed by atoms with van der Waals surface area (Å²) in [6.45, 7) is 2.05. The molecule has 2 heteroatoms. The molecule has 3 aromatic rings. The lowest BCUT2D eigenvalue weighted by atomic mass is 9.84. The van der Waals surface area contributed by atoms with Crippen molar-refractivity contribution in [3.63, 3.8) is 0 Å². The van der Waals surface area contributed by atoms with E-state index in [0.29, 0.717) is 5.56 Å². The number of Topliss-reactive ketones (excluding diaryl/α,β-unsaturated/α-hetero) is 1. The molecule has 0 amide bonds. The molecule has 0 fully saturated rings. The number of ether oxygens (including phenoxy) is 1. The number of rotatable bonds is 5. The lowest BCUT2D eigenvalue weighted by Crippen LogP contribution is -2.14. The third-order valence-electron chi connectivity index (χ3n) is 4.18. The van der Waals surface area contributed by atoms with Gasteiger partial charge in [0.05, 0.1) is 13.0 Å². The summed E-state index contributed by atoms with van der Waals surface area (Å²) >= 11 is 0. The zero-order valence-electron chi connectivity index (χ0n) is 13.9. The summed E-state index contributed by atoms with van der Waals surface area (Å²) < 4.78 is 5.18. The number of hydrogen-bond donors (Lipinski definition) is 0. The average molecular weight is 316 g/mol. The van der Waals surface area contributed by atoms with Gasteiger partial charge in [-0.2, -0.15) is 0 Å². The average Bonchev–Trinajstić information content (AvgIpc) is 2.64. The number of carbonyl (C=O) groups is 1. The van der Waals surface area contributed by atoms with Crippen LogP contribution in [0, 0.1) is 6.92 Å². The van der Waals surface area contributed by atoms with E-state index in [0.717, 1.165) is 16.9 Å². The molecular formula is C22H20O2. The predicted molar refractivity (Wildman–Crippen MR) is 96.8 cm³/mol. The molecule has 0 saturated carbocycles. The highest BCUT2D eigenvalue weighted by Gasteiger charge is 2.23. The SMILES string of the molecule is COc1ccc(C(=O)C(c2ccccc2)c2ccc(C)cc2)cc1. The van der Waals surface area contributed by atoms with Gasteiger partial charge in [-0.05, 0) is 42.3 Å². The van der Waals surface area contributed by atoms with Gasteiger partial charge in [0.25, 0.3) is 0 Å². The van der Waals surface area contributed by atoms with Gasteiger partial charge >= 0.3 is 0 Å². The molecule has 0 aromatic heterocycles. The van der Waals surface area contributed by atoms with E-state index in [1.807, 2.05) is 85.8 Å². The van der Waals surface area contributed by atoms with Crippen molar-refractivity contribution < 1.29 is 9.53 Å². The Morgan fingerprint density at radius 3 is 1.96 bits per heavy atom. The molecule has 3 aromatic carbocycles. The molecule has 0 saturated heterocycles. The van der Waals surface area contributed by atoms with Crippen LogP contribution in [-0.4, -0.2) is 12.9 Å². The Hall–Kier alpha value is -2.87. The van der Waals surface area contributed by atoms with Crippen molar-refractivity contribution in [1.82, 2.24) is 0 Å². The minimum absolute atomic E-state index is 0.0905. The Bertz CT molecular complexity index is 803. The topological polar surface area (TPSA) is 26.3 Å². The number of hydrogen-bond acceptors (Lipinski definition) is 2. The quantitative estimate of drug-likeness (QED) is 0.618. The second-order valence-corrected chi connectivity index (χ2v) is 5.85. The van der Waals surface area contributed by atoms with Gasteiger partial charge in [0.15, 0.2) is 5.78 Å². The van der Waals surface area contributed by atoms with Crippen molar-refractivity contribution in [3.05, 3.63) is 101 Å². The van der Waals surface area contributed by atoms with Crippen molar-refractivity contribution >= 4 is 5.78 Å². The number of benzene rings is 3. The summed E-state index contributed by atoms with van der Waals surface area (Å²) in [5, 5.41) is 0. The molecule has 1 unspecified atom stereocenters. The third-order valence-corrected chi connectivity index (χ3v) is 4.18. The van der Waals surface area contributed by atoms with Crippen molar-refractivity contribution in [2.75, 3.05) is 7.11 Å². The molecule has 24 heavy (non-hydrogen) atoms. The van der Waals surface area contributed by atoms with Crippen LogP contribution in [0.4, 0.5) is 0 Å². The first kappa shape index (κ1) is 16.0. The van der Waals surface area contributed by atoms with E-state index in [9.17, 15) is 4.79 Å². The first-order valence-electron chi connectivity index (χ1n) is 7.99.